The number of carbonyl (C=O) groups is 1. The highest BCUT2D eigenvalue weighted by Crippen LogP contribution is 2.37. The number of anilines is 1. The summed E-state index contributed by atoms with van der Waals surface area (Å²) in [7, 11) is -4.06. The fraction of sp³-hybridized carbons (Fsp3) is 0.0833. The first-order valence-corrected chi connectivity index (χ1v) is 12.6. The molecule has 3 rings (SSSR count). The number of rotatable bonds is 6. The maximum atomic E-state index is 12.6. The molecule has 0 spiro atoms. The summed E-state index contributed by atoms with van der Waals surface area (Å²) in [6, 6.07) is 18.5. The summed E-state index contributed by atoms with van der Waals surface area (Å²) in [6.07, 6.45) is 1.40. The molecule has 0 aliphatic rings. The zero-order valence-electron chi connectivity index (χ0n) is 17.6. The number of amides is 1. The van der Waals surface area contributed by atoms with Gasteiger partial charge in [-0.3, -0.25) is 4.79 Å². The van der Waals surface area contributed by atoms with Crippen molar-refractivity contribution in [2.45, 2.75) is 18.7 Å². The minimum atomic E-state index is -4.06. The van der Waals surface area contributed by atoms with Crippen LogP contribution in [0, 0.1) is 25.2 Å². The highest BCUT2D eigenvalue weighted by atomic mass is 79.9. The van der Waals surface area contributed by atoms with Gasteiger partial charge in [-0.2, -0.15) is 13.7 Å². The van der Waals surface area contributed by atoms with Crippen molar-refractivity contribution >= 4 is 59.6 Å². The normalized spacial score (nSPS) is 11.5. The molecule has 0 bridgehead atoms. The molecule has 9 heteroatoms. The zero-order chi connectivity index (χ0) is 24.2. The number of hydrogen-bond acceptors (Lipinski definition) is 5. The van der Waals surface area contributed by atoms with Gasteiger partial charge >= 0.3 is 10.1 Å². The van der Waals surface area contributed by atoms with Gasteiger partial charge in [0.05, 0.1) is 8.95 Å². The minimum absolute atomic E-state index is 0.0236. The predicted octanol–water partition coefficient (Wildman–Crippen LogP) is 6.14. The lowest BCUT2D eigenvalue weighted by Gasteiger charge is -2.12. The molecule has 0 saturated carbocycles. The van der Waals surface area contributed by atoms with Crippen LogP contribution in [0.4, 0.5) is 5.69 Å². The molecule has 1 N–H and O–H groups in total. The molecule has 0 unspecified atom stereocenters. The second-order valence-electron chi connectivity index (χ2n) is 7.16. The average molecular weight is 590 g/mol. The third-order valence-corrected chi connectivity index (χ3v) is 6.89. The average Bonchev–Trinajstić information content (AvgIpc) is 2.75. The van der Waals surface area contributed by atoms with Crippen LogP contribution in [0.3, 0.4) is 0 Å². The largest absolute Gasteiger partial charge is 0.377 e. The number of aryl methyl sites for hydroxylation is 2. The minimum Gasteiger partial charge on any atom is -0.377 e. The molecule has 3 aromatic rings. The molecule has 168 valence electrons. The molecule has 0 radical (unpaired) electrons. The second-order valence-corrected chi connectivity index (χ2v) is 10.4. The van der Waals surface area contributed by atoms with E-state index in [0.717, 1.165) is 11.1 Å². The summed E-state index contributed by atoms with van der Waals surface area (Å²) >= 11 is 6.63. The number of nitriles is 1. The monoisotopic (exact) mass is 588 g/mol. The highest BCUT2D eigenvalue weighted by Gasteiger charge is 2.21. The van der Waals surface area contributed by atoms with E-state index in [0.29, 0.717) is 20.2 Å². The molecule has 0 aromatic heterocycles. The van der Waals surface area contributed by atoms with E-state index in [4.69, 9.17) is 4.18 Å². The summed E-state index contributed by atoms with van der Waals surface area (Å²) < 4.78 is 31.3. The van der Waals surface area contributed by atoms with Crippen molar-refractivity contribution in [2.75, 3.05) is 5.32 Å². The van der Waals surface area contributed by atoms with Gasteiger partial charge in [-0.1, -0.05) is 29.8 Å². The van der Waals surface area contributed by atoms with E-state index >= 15 is 0 Å². The van der Waals surface area contributed by atoms with Crippen molar-refractivity contribution in [3.05, 3.63) is 91.9 Å². The molecule has 0 fully saturated rings. The van der Waals surface area contributed by atoms with Crippen LogP contribution >= 0.6 is 31.9 Å². The molecule has 33 heavy (non-hydrogen) atoms. The Morgan fingerprint density at radius 1 is 1.00 bits per heavy atom. The lowest BCUT2D eigenvalue weighted by atomic mass is 10.1. The second kappa shape index (κ2) is 10.3. The van der Waals surface area contributed by atoms with Crippen molar-refractivity contribution in [1.82, 2.24) is 0 Å². The zero-order valence-corrected chi connectivity index (χ0v) is 21.6. The number of benzene rings is 3. The Labute approximate surface area is 209 Å². The van der Waals surface area contributed by atoms with Gasteiger partial charge in [0, 0.05) is 5.69 Å². The van der Waals surface area contributed by atoms with Crippen LogP contribution in [-0.4, -0.2) is 14.3 Å². The summed E-state index contributed by atoms with van der Waals surface area (Å²) in [6.45, 7) is 3.75. The van der Waals surface area contributed by atoms with E-state index in [9.17, 15) is 18.5 Å². The van der Waals surface area contributed by atoms with Gasteiger partial charge in [-0.05, 0) is 99.3 Å². The van der Waals surface area contributed by atoms with Gasteiger partial charge in [0.2, 0.25) is 0 Å². The van der Waals surface area contributed by atoms with Crippen LogP contribution in [0.5, 0.6) is 5.75 Å². The summed E-state index contributed by atoms with van der Waals surface area (Å²) in [5, 5.41) is 12.2. The van der Waals surface area contributed by atoms with E-state index in [1.807, 2.05) is 26.0 Å². The summed E-state index contributed by atoms with van der Waals surface area (Å²) in [5.74, 6) is -0.506. The summed E-state index contributed by atoms with van der Waals surface area (Å²) in [5.41, 5.74) is 2.85. The van der Waals surface area contributed by atoms with Crippen molar-refractivity contribution in [1.29, 1.82) is 5.26 Å². The summed E-state index contributed by atoms with van der Waals surface area (Å²) in [4.78, 5) is 12.6. The SMILES string of the molecule is Cc1ccc(S(=O)(=O)Oc2c(Br)cc(/C=C(\C#N)C(=O)Nc3cccc(C)c3)cc2Br)cc1. The first-order valence-electron chi connectivity index (χ1n) is 9.59. The maximum Gasteiger partial charge on any atom is 0.339 e. The van der Waals surface area contributed by atoms with Crippen molar-refractivity contribution in [2.24, 2.45) is 0 Å². The van der Waals surface area contributed by atoms with Gasteiger partial charge in [0.25, 0.3) is 5.91 Å². The lowest BCUT2D eigenvalue weighted by molar-refractivity contribution is -0.112. The molecule has 0 heterocycles. The molecule has 0 atom stereocenters. The topological polar surface area (TPSA) is 96.3 Å². The van der Waals surface area contributed by atoms with E-state index < -0.39 is 16.0 Å². The molecule has 1 amide bonds. The van der Waals surface area contributed by atoms with E-state index in [1.54, 1.807) is 42.5 Å². The Hall–Kier alpha value is -2.93. The number of nitrogens with one attached hydrogen (secondary N) is 1. The Morgan fingerprint density at radius 2 is 1.64 bits per heavy atom. The fourth-order valence-corrected chi connectivity index (χ4v) is 5.40. The van der Waals surface area contributed by atoms with Gasteiger partial charge in [0.1, 0.15) is 16.5 Å². The fourth-order valence-electron chi connectivity index (χ4n) is 2.84. The van der Waals surface area contributed by atoms with Crippen molar-refractivity contribution in [3.8, 4) is 11.8 Å². The number of carbonyl (C=O) groups excluding carboxylic acids is 1. The van der Waals surface area contributed by atoms with Crippen molar-refractivity contribution in [3.63, 3.8) is 0 Å². The van der Waals surface area contributed by atoms with Crippen LogP contribution in [0.15, 0.2) is 80.1 Å². The quantitative estimate of drug-likeness (QED) is 0.211. The standard InChI is InChI=1S/C24H18Br2N2O4S/c1-15-6-8-20(9-7-15)33(30,31)32-23-21(25)12-17(13-22(23)26)11-18(14-27)24(29)28-19-5-3-4-16(2)10-19/h3-13H,1-2H3,(H,28,29)/b18-11+. The molecule has 0 saturated heterocycles. The lowest BCUT2D eigenvalue weighted by Crippen LogP contribution is -2.13. The van der Waals surface area contributed by atoms with Gasteiger partial charge in [0.15, 0.2) is 5.75 Å². The molecule has 0 aliphatic heterocycles. The van der Waals surface area contributed by atoms with Crippen LogP contribution in [0.1, 0.15) is 16.7 Å². The number of hydrogen-bond donors (Lipinski definition) is 1. The van der Waals surface area contributed by atoms with E-state index in [1.165, 1.54) is 18.2 Å². The first kappa shape index (κ1) is 24.7. The van der Waals surface area contributed by atoms with Crippen LogP contribution in [0.25, 0.3) is 6.08 Å². The third kappa shape index (κ3) is 6.32. The molecule has 0 aliphatic carbocycles. The van der Waals surface area contributed by atoms with Crippen molar-refractivity contribution < 1.29 is 17.4 Å². The van der Waals surface area contributed by atoms with Gasteiger partial charge in [-0.15, -0.1) is 0 Å². The Bertz CT molecular complexity index is 1370. The Kier molecular flexibility index (Phi) is 7.74. The molecular formula is C24H18Br2N2O4S. The smallest absolute Gasteiger partial charge is 0.339 e. The van der Waals surface area contributed by atoms with Crippen LogP contribution in [-0.2, 0) is 14.9 Å². The van der Waals surface area contributed by atoms with Gasteiger partial charge in [-0.25, -0.2) is 0 Å². The molecular weight excluding hydrogens is 572 g/mol. The first-order chi connectivity index (χ1) is 15.6. The van der Waals surface area contributed by atoms with Crippen LogP contribution < -0.4 is 9.50 Å². The Morgan fingerprint density at radius 3 is 2.21 bits per heavy atom. The molecule has 3 aromatic carbocycles. The highest BCUT2D eigenvalue weighted by molar-refractivity contribution is 9.11. The number of halogens is 2. The number of nitrogens with zero attached hydrogens (tertiary/aromatic N) is 1. The third-order valence-electron chi connectivity index (χ3n) is 4.48. The van der Waals surface area contributed by atoms with Crippen LogP contribution in [0.2, 0.25) is 0 Å². The van der Waals surface area contributed by atoms with E-state index in [-0.39, 0.29) is 16.2 Å². The Balaban J connectivity index is 1.86. The van der Waals surface area contributed by atoms with E-state index in [2.05, 4.69) is 37.2 Å². The predicted molar refractivity (Wildman–Crippen MR) is 134 cm³/mol. The maximum absolute atomic E-state index is 12.6. The van der Waals surface area contributed by atoms with Gasteiger partial charge < -0.3 is 9.50 Å². The molecule has 6 nitrogen and oxygen atoms in total.